The fourth-order valence-corrected chi connectivity index (χ4v) is 7.43. The quantitative estimate of drug-likeness (QED) is 0.460. The monoisotopic (exact) mass is 552 g/mol. The van der Waals surface area contributed by atoms with Gasteiger partial charge in [-0.2, -0.15) is 4.31 Å². The molecule has 2 aliphatic rings. The number of hydrogen-bond donors (Lipinski definition) is 0. The van der Waals surface area contributed by atoms with Crippen molar-refractivity contribution in [3.63, 3.8) is 0 Å². The van der Waals surface area contributed by atoms with Crippen LogP contribution in [0.5, 0.6) is 5.75 Å². The van der Waals surface area contributed by atoms with E-state index >= 15 is 0 Å². The van der Waals surface area contributed by atoms with Gasteiger partial charge in [0.2, 0.25) is 15.9 Å². The summed E-state index contributed by atoms with van der Waals surface area (Å²) < 4.78 is 39.5. The number of methoxy groups -OCH3 is 1. The zero-order chi connectivity index (χ0) is 27.9. The van der Waals surface area contributed by atoms with Gasteiger partial charge >= 0.3 is 0 Å². The number of aryl methyl sites for hydroxylation is 4. The predicted molar refractivity (Wildman–Crippen MR) is 149 cm³/mol. The molecule has 2 aromatic carbocycles. The maximum absolute atomic E-state index is 14.0. The highest BCUT2D eigenvalue weighted by molar-refractivity contribution is 7.89. The molecule has 0 spiro atoms. The van der Waals surface area contributed by atoms with Crippen molar-refractivity contribution in [1.29, 1.82) is 0 Å². The largest absolute Gasteiger partial charge is 0.497 e. The Kier molecular flexibility index (Phi) is 7.43. The number of ether oxygens (including phenoxy) is 1. The molecule has 3 aromatic rings. The van der Waals surface area contributed by atoms with E-state index in [-0.39, 0.29) is 29.8 Å². The molecule has 10 heteroatoms. The maximum Gasteiger partial charge on any atom is 0.243 e. The minimum atomic E-state index is -3.85. The summed E-state index contributed by atoms with van der Waals surface area (Å²) >= 11 is 0. The summed E-state index contributed by atoms with van der Waals surface area (Å²) in [4.78, 5) is 18.4. The Morgan fingerprint density at radius 1 is 1.00 bits per heavy atom. The van der Waals surface area contributed by atoms with Gasteiger partial charge in [-0.05, 0) is 57.0 Å². The zero-order valence-electron chi connectivity index (χ0n) is 23.2. The van der Waals surface area contributed by atoms with Gasteiger partial charge in [-0.1, -0.05) is 23.4 Å². The molecule has 0 aliphatic carbocycles. The first-order valence-corrected chi connectivity index (χ1v) is 14.7. The van der Waals surface area contributed by atoms with Crippen molar-refractivity contribution >= 4 is 21.6 Å². The van der Waals surface area contributed by atoms with Gasteiger partial charge in [-0.3, -0.25) is 4.79 Å². The summed E-state index contributed by atoms with van der Waals surface area (Å²) in [5.41, 5.74) is 5.14. The summed E-state index contributed by atoms with van der Waals surface area (Å²) in [7, 11) is -2.34. The Labute approximate surface area is 230 Å². The molecule has 1 amide bonds. The molecule has 208 valence electrons. The lowest BCUT2D eigenvalue weighted by Crippen LogP contribution is -2.51. The van der Waals surface area contributed by atoms with Crippen molar-refractivity contribution in [3.8, 4) is 5.75 Å². The number of piperazine rings is 1. The molecule has 39 heavy (non-hydrogen) atoms. The Hall–Kier alpha value is -3.37. The van der Waals surface area contributed by atoms with Crippen LogP contribution in [0.4, 0.5) is 5.69 Å². The minimum Gasteiger partial charge on any atom is -0.497 e. The Morgan fingerprint density at radius 3 is 2.41 bits per heavy atom. The lowest BCUT2D eigenvalue weighted by Gasteiger charge is -2.38. The molecule has 0 radical (unpaired) electrons. The molecule has 9 nitrogen and oxygen atoms in total. The van der Waals surface area contributed by atoms with E-state index in [1.54, 1.807) is 18.2 Å². The maximum atomic E-state index is 14.0. The van der Waals surface area contributed by atoms with E-state index in [2.05, 4.69) is 42.1 Å². The van der Waals surface area contributed by atoms with Crippen molar-refractivity contribution in [2.75, 3.05) is 51.3 Å². The molecule has 2 saturated heterocycles. The predicted octanol–water partition coefficient (Wildman–Crippen LogP) is 3.67. The van der Waals surface area contributed by atoms with E-state index in [1.165, 1.54) is 34.3 Å². The smallest absolute Gasteiger partial charge is 0.243 e. The van der Waals surface area contributed by atoms with Crippen LogP contribution >= 0.6 is 0 Å². The Balaban J connectivity index is 1.39. The van der Waals surface area contributed by atoms with Crippen molar-refractivity contribution in [1.82, 2.24) is 14.4 Å². The summed E-state index contributed by atoms with van der Waals surface area (Å²) in [6, 6.07) is 12.9. The SMILES string of the molecule is COc1cccc(S(=O)(=O)N2C[C@@H](C(=O)N3CCN(c4cc(C)ccc4C)CC3)[C@H](c3c(C)noc3C)C2)c1. The van der Waals surface area contributed by atoms with E-state index < -0.39 is 15.9 Å². The normalized spacial score (nSPS) is 20.4. The Morgan fingerprint density at radius 2 is 1.74 bits per heavy atom. The van der Waals surface area contributed by atoms with E-state index in [4.69, 9.17) is 9.26 Å². The standard InChI is InChI=1S/C29H36N4O5S/c1-19-9-10-20(2)27(15-19)31-11-13-32(14-12-31)29(34)26-18-33(17-25(26)28-21(3)30-38-22(28)4)39(35,36)24-8-6-7-23(16-24)37-5/h6-10,15-16,25-26H,11-14,17-18H2,1-5H3/t25-,26-/m1/s1. The molecule has 0 unspecified atom stereocenters. The third kappa shape index (κ3) is 5.15. The van der Waals surface area contributed by atoms with Gasteiger partial charge in [0.1, 0.15) is 11.5 Å². The molecule has 5 rings (SSSR count). The first-order chi connectivity index (χ1) is 18.6. The van der Waals surface area contributed by atoms with Crippen LogP contribution < -0.4 is 9.64 Å². The summed E-state index contributed by atoms with van der Waals surface area (Å²) in [5, 5.41) is 4.10. The average Bonchev–Trinajstić information content (AvgIpc) is 3.52. The van der Waals surface area contributed by atoms with Gasteiger partial charge in [0.15, 0.2) is 0 Å². The molecule has 2 aliphatic heterocycles. The second-order valence-corrected chi connectivity index (χ2v) is 12.5. The van der Waals surface area contributed by atoms with E-state index in [1.807, 2.05) is 18.7 Å². The molecule has 1 aromatic heterocycles. The third-order valence-corrected chi connectivity index (χ3v) is 9.87. The minimum absolute atomic E-state index is 0.0241. The first kappa shape index (κ1) is 27.2. The van der Waals surface area contributed by atoms with Gasteiger partial charge < -0.3 is 19.1 Å². The van der Waals surface area contributed by atoms with Gasteiger partial charge in [0.25, 0.3) is 0 Å². The number of carbonyl (C=O) groups is 1. The van der Waals surface area contributed by atoms with Crippen LogP contribution in [0, 0.1) is 33.6 Å². The van der Waals surface area contributed by atoms with E-state index in [0.29, 0.717) is 30.3 Å². The number of benzene rings is 2. The van der Waals surface area contributed by atoms with Gasteiger partial charge in [-0.25, -0.2) is 8.42 Å². The lowest BCUT2D eigenvalue weighted by molar-refractivity contribution is -0.135. The highest BCUT2D eigenvalue weighted by Crippen LogP contribution is 2.40. The highest BCUT2D eigenvalue weighted by Gasteiger charge is 2.47. The van der Waals surface area contributed by atoms with Crippen molar-refractivity contribution < 1.29 is 22.5 Å². The fraction of sp³-hybridized carbons (Fsp3) is 0.448. The molecule has 2 fully saturated rings. The van der Waals surface area contributed by atoms with E-state index in [0.717, 1.165) is 18.7 Å². The van der Waals surface area contributed by atoms with Crippen LogP contribution in [0.25, 0.3) is 0 Å². The molecular formula is C29H36N4O5S. The molecular weight excluding hydrogens is 516 g/mol. The summed E-state index contributed by atoms with van der Waals surface area (Å²) in [5.74, 6) is 0.183. The van der Waals surface area contributed by atoms with Gasteiger partial charge in [0.05, 0.1) is 23.6 Å². The fourth-order valence-electron chi connectivity index (χ4n) is 5.90. The third-order valence-electron chi connectivity index (χ3n) is 8.04. The van der Waals surface area contributed by atoms with Gasteiger partial charge in [-0.15, -0.1) is 0 Å². The van der Waals surface area contributed by atoms with E-state index in [9.17, 15) is 13.2 Å². The van der Waals surface area contributed by atoms with Crippen molar-refractivity contribution in [2.24, 2.45) is 5.92 Å². The topological polar surface area (TPSA) is 96.2 Å². The zero-order valence-corrected chi connectivity index (χ0v) is 24.0. The molecule has 2 atom stereocenters. The number of nitrogens with zero attached hydrogens (tertiary/aromatic N) is 4. The van der Waals surface area contributed by atoms with Crippen LogP contribution in [0.3, 0.4) is 0 Å². The Bertz CT molecular complexity index is 1460. The van der Waals surface area contributed by atoms with Crippen LogP contribution in [0.15, 0.2) is 51.9 Å². The summed E-state index contributed by atoms with van der Waals surface area (Å²) in [6.45, 7) is 10.8. The molecule has 0 saturated carbocycles. The highest BCUT2D eigenvalue weighted by atomic mass is 32.2. The van der Waals surface area contributed by atoms with Crippen LogP contribution in [-0.2, 0) is 14.8 Å². The summed E-state index contributed by atoms with van der Waals surface area (Å²) in [6.07, 6.45) is 0. The molecule has 0 N–H and O–H groups in total. The van der Waals surface area contributed by atoms with Crippen molar-refractivity contribution in [2.45, 2.75) is 38.5 Å². The van der Waals surface area contributed by atoms with Crippen molar-refractivity contribution in [3.05, 3.63) is 70.6 Å². The van der Waals surface area contributed by atoms with Crippen LogP contribution in [-0.4, -0.2) is 75.1 Å². The number of anilines is 1. The van der Waals surface area contributed by atoms with Crippen LogP contribution in [0.2, 0.25) is 0 Å². The number of rotatable bonds is 6. The number of aromatic nitrogens is 1. The molecule has 3 heterocycles. The number of hydrogen-bond acceptors (Lipinski definition) is 7. The van der Waals surface area contributed by atoms with Crippen LogP contribution in [0.1, 0.15) is 34.1 Å². The second kappa shape index (κ2) is 10.7. The number of amides is 1. The second-order valence-electron chi connectivity index (χ2n) is 10.6. The lowest BCUT2D eigenvalue weighted by atomic mass is 9.86. The number of sulfonamides is 1. The molecule has 0 bridgehead atoms. The first-order valence-electron chi connectivity index (χ1n) is 13.3. The number of carbonyl (C=O) groups excluding carboxylic acids is 1. The van der Waals surface area contributed by atoms with Gasteiger partial charge in [0, 0.05) is 62.5 Å². The average molecular weight is 553 g/mol.